The molecular formula is C25H27Cl2F3N4O4S2. The summed E-state index contributed by atoms with van der Waals surface area (Å²) in [6, 6.07) is 4.89. The van der Waals surface area contributed by atoms with Crippen molar-refractivity contribution < 1.29 is 31.5 Å². The van der Waals surface area contributed by atoms with Crippen LogP contribution >= 0.6 is 34.5 Å². The van der Waals surface area contributed by atoms with Crippen molar-refractivity contribution in [2.45, 2.75) is 57.3 Å². The lowest BCUT2D eigenvalue weighted by atomic mass is 10.0. The molecule has 8 nitrogen and oxygen atoms in total. The molecule has 15 heteroatoms. The number of thiazole rings is 1. The Hall–Kier alpha value is -2.29. The highest BCUT2D eigenvalue weighted by Gasteiger charge is 2.39. The van der Waals surface area contributed by atoms with E-state index in [4.69, 9.17) is 23.2 Å². The van der Waals surface area contributed by atoms with E-state index in [-0.39, 0.29) is 21.2 Å². The SMILES string of the molecule is CCN(CC)C(=O)c1nc(-c2cccc(C(C)(C)O)n2)sc1-c1ccc(S(=O)(=O)N[C@@H](C)C(F)(F)F)c(Cl)c1Cl. The van der Waals surface area contributed by atoms with Gasteiger partial charge in [0.25, 0.3) is 5.91 Å². The maximum atomic E-state index is 13.4. The third kappa shape index (κ3) is 6.77. The van der Waals surface area contributed by atoms with Gasteiger partial charge < -0.3 is 10.0 Å². The summed E-state index contributed by atoms with van der Waals surface area (Å²) < 4.78 is 65.9. The van der Waals surface area contributed by atoms with Gasteiger partial charge in [-0.3, -0.25) is 4.79 Å². The van der Waals surface area contributed by atoms with Crippen LogP contribution in [0.3, 0.4) is 0 Å². The molecule has 0 saturated carbocycles. The fraction of sp³-hybridized carbons (Fsp3) is 0.400. The summed E-state index contributed by atoms with van der Waals surface area (Å²) in [7, 11) is -4.71. The van der Waals surface area contributed by atoms with Gasteiger partial charge in [-0.25, -0.2) is 18.4 Å². The average Bonchev–Trinajstić information content (AvgIpc) is 3.30. The molecule has 2 aromatic heterocycles. The van der Waals surface area contributed by atoms with E-state index in [1.807, 2.05) is 0 Å². The third-order valence-electron chi connectivity index (χ3n) is 5.88. The standard InChI is InChI=1S/C25H27Cl2F3N4O4S2/c1-6-34(7-2)23(35)20-21(39-22(32-20)15-9-8-10-17(31-15)24(4,5)36)14-11-12-16(19(27)18(14)26)40(37,38)33-13(3)25(28,29)30/h8-13,33,36H,6-7H2,1-5H3/t13-/m0/s1. The van der Waals surface area contributed by atoms with E-state index in [1.165, 1.54) is 11.0 Å². The van der Waals surface area contributed by atoms with E-state index < -0.39 is 43.7 Å². The van der Waals surface area contributed by atoms with Gasteiger partial charge in [0.05, 0.1) is 26.3 Å². The summed E-state index contributed by atoms with van der Waals surface area (Å²) in [5.74, 6) is -0.425. The molecule has 0 bridgehead atoms. The number of nitrogens with zero attached hydrogens (tertiary/aromatic N) is 3. The van der Waals surface area contributed by atoms with E-state index >= 15 is 0 Å². The molecule has 3 rings (SSSR count). The van der Waals surface area contributed by atoms with Gasteiger partial charge in [0.1, 0.15) is 27.2 Å². The molecule has 0 aliphatic heterocycles. The smallest absolute Gasteiger partial charge is 0.384 e. The highest BCUT2D eigenvalue weighted by molar-refractivity contribution is 7.89. The van der Waals surface area contributed by atoms with Crippen molar-refractivity contribution in [3.8, 4) is 21.1 Å². The first-order chi connectivity index (χ1) is 18.4. The highest BCUT2D eigenvalue weighted by atomic mass is 35.5. The van der Waals surface area contributed by atoms with E-state index in [0.717, 1.165) is 17.4 Å². The Bertz CT molecular complexity index is 1520. The molecule has 0 radical (unpaired) electrons. The summed E-state index contributed by atoms with van der Waals surface area (Å²) in [5, 5.41) is 9.91. The van der Waals surface area contributed by atoms with Crippen LogP contribution in [0.2, 0.25) is 10.0 Å². The molecule has 0 fully saturated rings. The Balaban J connectivity index is 2.20. The van der Waals surface area contributed by atoms with Gasteiger partial charge in [-0.05, 0) is 52.8 Å². The molecule has 2 N–H and O–H groups in total. The second-order valence-corrected chi connectivity index (χ2v) is 12.7. The van der Waals surface area contributed by atoms with Gasteiger partial charge in [-0.15, -0.1) is 11.3 Å². The molecule has 3 aromatic rings. The number of aromatic nitrogens is 2. The number of hydrogen-bond acceptors (Lipinski definition) is 7. The van der Waals surface area contributed by atoms with Gasteiger partial charge in [-0.1, -0.05) is 35.3 Å². The molecule has 0 aliphatic rings. The minimum atomic E-state index is -4.82. The van der Waals surface area contributed by atoms with Gasteiger partial charge in [0, 0.05) is 18.7 Å². The van der Waals surface area contributed by atoms with Crippen LogP contribution in [0.5, 0.6) is 0 Å². The lowest BCUT2D eigenvalue weighted by molar-refractivity contribution is -0.147. The summed E-state index contributed by atoms with van der Waals surface area (Å²) in [6.07, 6.45) is -4.82. The molecule has 1 amide bonds. The van der Waals surface area contributed by atoms with Crippen molar-refractivity contribution in [2.75, 3.05) is 13.1 Å². The number of benzene rings is 1. The van der Waals surface area contributed by atoms with E-state index in [1.54, 1.807) is 50.6 Å². The second kappa shape index (κ2) is 11.9. The number of hydrogen-bond donors (Lipinski definition) is 2. The van der Waals surface area contributed by atoms with Crippen LogP contribution in [0.15, 0.2) is 35.2 Å². The van der Waals surface area contributed by atoms with Crippen LogP contribution in [-0.4, -0.2) is 59.6 Å². The van der Waals surface area contributed by atoms with Crippen molar-refractivity contribution in [1.29, 1.82) is 0 Å². The van der Waals surface area contributed by atoms with E-state index in [9.17, 15) is 31.5 Å². The van der Waals surface area contributed by atoms with Gasteiger partial charge >= 0.3 is 6.18 Å². The predicted octanol–water partition coefficient (Wildman–Crippen LogP) is 6.12. The predicted molar refractivity (Wildman–Crippen MR) is 149 cm³/mol. The number of amides is 1. The van der Waals surface area contributed by atoms with Crippen molar-refractivity contribution in [3.63, 3.8) is 0 Å². The number of aliphatic hydroxyl groups is 1. The van der Waals surface area contributed by atoms with Gasteiger partial charge in [-0.2, -0.15) is 17.9 Å². The zero-order valence-electron chi connectivity index (χ0n) is 22.1. The summed E-state index contributed by atoms with van der Waals surface area (Å²) in [5.41, 5.74) is -0.332. The highest BCUT2D eigenvalue weighted by Crippen LogP contribution is 2.43. The molecule has 0 saturated heterocycles. The van der Waals surface area contributed by atoms with E-state index in [2.05, 4.69) is 9.97 Å². The molecule has 1 atom stereocenters. The van der Waals surface area contributed by atoms with Crippen molar-refractivity contribution >= 4 is 50.5 Å². The Morgan fingerprint density at radius 3 is 2.27 bits per heavy atom. The first-order valence-corrected chi connectivity index (χ1v) is 15.1. The molecule has 0 unspecified atom stereocenters. The lowest BCUT2D eigenvalue weighted by Gasteiger charge is -2.19. The maximum absolute atomic E-state index is 13.4. The Labute approximate surface area is 244 Å². The molecular weight excluding hydrogens is 612 g/mol. The lowest BCUT2D eigenvalue weighted by Crippen LogP contribution is -2.43. The number of carbonyl (C=O) groups excluding carboxylic acids is 1. The van der Waals surface area contributed by atoms with Crippen molar-refractivity contribution in [2.24, 2.45) is 0 Å². The number of halogens is 5. The zero-order valence-corrected chi connectivity index (χ0v) is 25.2. The fourth-order valence-electron chi connectivity index (χ4n) is 3.59. The minimum absolute atomic E-state index is 0.0107. The Morgan fingerprint density at radius 2 is 1.73 bits per heavy atom. The molecule has 1 aromatic carbocycles. The summed E-state index contributed by atoms with van der Waals surface area (Å²) in [4.78, 5) is 23.6. The Morgan fingerprint density at radius 1 is 1.10 bits per heavy atom. The minimum Gasteiger partial charge on any atom is -0.384 e. The normalized spacial score (nSPS) is 13.4. The van der Waals surface area contributed by atoms with Gasteiger partial charge in [0.2, 0.25) is 10.0 Å². The molecule has 0 aliphatic carbocycles. The van der Waals surface area contributed by atoms with Gasteiger partial charge in [0.15, 0.2) is 0 Å². The fourth-order valence-corrected chi connectivity index (χ4v) is 6.80. The first kappa shape index (κ1) is 32.2. The van der Waals surface area contributed by atoms with E-state index in [0.29, 0.717) is 36.4 Å². The number of carbonyl (C=O) groups is 1. The molecule has 2 heterocycles. The quantitative estimate of drug-likeness (QED) is 0.292. The summed E-state index contributed by atoms with van der Waals surface area (Å²) in [6.45, 7) is 8.15. The van der Waals surface area contributed by atoms with Crippen LogP contribution in [0.4, 0.5) is 13.2 Å². The van der Waals surface area contributed by atoms with Crippen LogP contribution in [0.25, 0.3) is 21.1 Å². The second-order valence-electron chi connectivity index (χ2n) is 9.27. The Kier molecular flexibility index (Phi) is 9.59. The molecule has 40 heavy (non-hydrogen) atoms. The van der Waals surface area contributed by atoms with Crippen LogP contribution < -0.4 is 4.72 Å². The van der Waals surface area contributed by atoms with Crippen LogP contribution in [-0.2, 0) is 15.6 Å². The number of rotatable bonds is 9. The third-order valence-corrected chi connectivity index (χ3v) is 9.57. The molecule has 0 spiro atoms. The van der Waals surface area contributed by atoms with Crippen molar-refractivity contribution in [1.82, 2.24) is 19.6 Å². The zero-order chi connectivity index (χ0) is 30.2. The topological polar surface area (TPSA) is 112 Å². The summed E-state index contributed by atoms with van der Waals surface area (Å²) >= 11 is 13.8. The number of sulfonamides is 1. The molecule has 218 valence electrons. The van der Waals surface area contributed by atoms with Crippen LogP contribution in [0, 0.1) is 0 Å². The monoisotopic (exact) mass is 638 g/mol. The number of alkyl halides is 3. The average molecular weight is 640 g/mol. The maximum Gasteiger partial charge on any atom is 0.404 e. The van der Waals surface area contributed by atoms with Crippen LogP contribution in [0.1, 0.15) is 50.8 Å². The first-order valence-electron chi connectivity index (χ1n) is 12.0. The van der Waals surface area contributed by atoms with Crippen molar-refractivity contribution in [3.05, 3.63) is 51.8 Å². The largest absolute Gasteiger partial charge is 0.404 e. The number of pyridine rings is 1. The number of nitrogens with one attached hydrogen (secondary N) is 1.